The first-order valence-electron chi connectivity index (χ1n) is 10.5. The molecule has 1 N–H and O–H groups in total. The topological polar surface area (TPSA) is 96.0 Å². The van der Waals surface area contributed by atoms with Crippen LogP contribution in [0, 0.1) is 0 Å². The SMILES string of the molecule is CCC[C@H](C)NC(=O)COC(=O)[C@@]12CCC(=O)N1c1ccccc1C(=O)N2C(C)C. The summed E-state index contributed by atoms with van der Waals surface area (Å²) in [5.41, 5.74) is -0.803. The van der Waals surface area contributed by atoms with Crippen molar-refractivity contribution in [2.45, 2.75) is 71.1 Å². The van der Waals surface area contributed by atoms with Crippen molar-refractivity contribution in [3.05, 3.63) is 29.8 Å². The summed E-state index contributed by atoms with van der Waals surface area (Å²) in [6.45, 7) is 7.03. The lowest BCUT2D eigenvalue weighted by atomic mass is 9.95. The van der Waals surface area contributed by atoms with E-state index >= 15 is 0 Å². The van der Waals surface area contributed by atoms with Crippen molar-refractivity contribution in [3.8, 4) is 0 Å². The summed E-state index contributed by atoms with van der Waals surface area (Å²) in [5, 5.41) is 2.79. The van der Waals surface area contributed by atoms with Crippen LogP contribution < -0.4 is 10.2 Å². The summed E-state index contributed by atoms with van der Waals surface area (Å²) in [6.07, 6.45) is 1.97. The van der Waals surface area contributed by atoms with Crippen LogP contribution in [-0.2, 0) is 19.1 Å². The number of fused-ring (bicyclic) bond motifs is 3. The molecule has 0 bridgehead atoms. The van der Waals surface area contributed by atoms with Gasteiger partial charge >= 0.3 is 5.97 Å². The normalized spacial score (nSPS) is 21.4. The Morgan fingerprint density at radius 3 is 2.57 bits per heavy atom. The molecule has 1 aromatic rings. The molecule has 0 unspecified atom stereocenters. The van der Waals surface area contributed by atoms with Crippen molar-refractivity contribution in [2.24, 2.45) is 0 Å². The third-order valence-corrected chi connectivity index (χ3v) is 5.61. The number of carbonyl (C=O) groups is 4. The molecule has 162 valence electrons. The second-order valence-electron chi connectivity index (χ2n) is 8.17. The minimum absolute atomic E-state index is 0.0285. The maximum Gasteiger partial charge on any atom is 0.354 e. The number of amides is 3. The van der Waals surface area contributed by atoms with Crippen LogP contribution in [0.3, 0.4) is 0 Å². The fourth-order valence-electron chi connectivity index (χ4n) is 4.44. The molecule has 0 radical (unpaired) electrons. The van der Waals surface area contributed by atoms with Gasteiger partial charge in [-0.2, -0.15) is 0 Å². The van der Waals surface area contributed by atoms with Crippen molar-refractivity contribution >= 4 is 29.4 Å². The molecule has 8 heteroatoms. The summed E-state index contributed by atoms with van der Waals surface area (Å²) in [4.78, 5) is 54.4. The molecular weight excluding hydrogens is 386 g/mol. The average molecular weight is 415 g/mol. The molecule has 0 aromatic heterocycles. The van der Waals surface area contributed by atoms with E-state index in [1.54, 1.807) is 38.1 Å². The number of carbonyl (C=O) groups excluding carboxylic acids is 4. The molecule has 1 saturated heterocycles. The van der Waals surface area contributed by atoms with Crippen LogP contribution in [0.5, 0.6) is 0 Å². The fourth-order valence-corrected chi connectivity index (χ4v) is 4.44. The van der Waals surface area contributed by atoms with Crippen molar-refractivity contribution in [3.63, 3.8) is 0 Å². The second kappa shape index (κ2) is 8.45. The summed E-state index contributed by atoms with van der Waals surface area (Å²) in [6, 6.07) is 6.38. The third-order valence-electron chi connectivity index (χ3n) is 5.61. The number of hydrogen-bond donors (Lipinski definition) is 1. The molecule has 2 aliphatic heterocycles. The monoisotopic (exact) mass is 415 g/mol. The summed E-state index contributed by atoms with van der Waals surface area (Å²) in [7, 11) is 0. The van der Waals surface area contributed by atoms with Crippen molar-refractivity contribution < 1.29 is 23.9 Å². The molecule has 2 atom stereocenters. The number of hydrogen-bond acceptors (Lipinski definition) is 5. The van der Waals surface area contributed by atoms with Gasteiger partial charge in [0.05, 0.1) is 11.3 Å². The molecule has 8 nitrogen and oxygen atoms in total. The quantitative estimate of drug-likeness (QED) is 0.689. The molecule has 3 amide bonds. The molecule has 0 spiro atoms. The zero-order chi connectivity index (χ0) is 22.1. The van der Waals surface area contributed by atoms with Crippen molar-refractivity contribution in [1.29, 1.82) is 0 Å². The van der Waals surface area contributed by atoms with E-state index in [0.717, 1.165) is 12.8 Å². The Balaban J connectivity index is 1.92. The standard InChI is InChI=1S/C22H29N3O5/c1-5-8-15(4)23-18(26)13-30-21(29)22-12-11-19(27)25(22)17-10-7-6-9-16(17)20(28)24(22)14(2)3/h6-7,9-10,14-15H,5,8,11-13H2,1-4H3,(H,23,26)/t15-,22+/m0/s1. The van der Waals surface area contributed by atoms with Crippen LogP contribution in [-0.4, -0.2) is 52.9 Å². The van der Waals surface area contributed by atoms with Crippen LogP contribution in [0.25, 0.3) is 0 Å². The predicted molar refractivity (Wildman–Crippen MR) is 111 cm³/mol. The number of esters is 1. The van der Waals surface area contributed by atoms with E-state index in [2.05, 4.69) is 5.32 Å². The minimum atomic E-state index is -1.58. The zero-order valence-electron chi connectivity index (χ0n) is 17.9. The lowest BCUT2D eigenvalue weighted by Gasteiger charge is -2.50. The van der Waals surface area contributed by atoms with Crippen LogP contribution >= 0.6 is 0 Å². The molecule has 3 rings (SSSR count). The first-order valence-corrected chi connectivity index (χ1v) is 10.5. The van der Waals surface area contributed by atoms with Gasteiger partial charge in [0, 0.05) is 24.9 Å². The van der Waals surface area contributed by atoms with Gasteiger partial charge in [-0.3, -0.25) is 19.3 Å². The van der Waals surface area contributed by atoms with Gasteiger partial charge in [-0.25, -0.2) is 4.79 Å². The van der Waals surface area contributed by atoms with E-state index in [1.165, 1.54) is 9.80 Å². The van der Waals surface area contributed by atoms with E-state index in [4.69, 9.17) is 4.74 Å². The fraction of sp³-hybridized carbons (Fsp3) is 0.545. The number of nitrogens with zero attached hydrogens (tertiary/aromatic N) is 2. The Morgan fingerprint density at radius 1 is 1.20 bits per heavy atom. The molecule has 30 heavy (non-hydrogen) atoms. The highest BCUT2D eigenvalue weighted by atomic mass is 16.5. The number of ether oxygens (including phenoxy) is 1. The molecule has 2 aliphatic rings. The van der Waals surface area contributed by atoms with Gasteiger partial charge in [0.2, 0.25) is 11.6 Å². The number of benzene rings is 1. The van der Waals surface area contributed by atoms with Crippen molar-refractivity contribution in [1.82, 2.24) is 10.2 Å². The van der Waals surface area contributed by atoms with Gasteiger partial charge in [0.25, 0.3) is 11.8 Å². The molecule has 2 heterocycles. The summed E-state index contributed by atoms with van der Waals surface area (Å²) in [5.74, 6) is -1.75. The van der Waals surface area contributed by atoms with E-state index in [9.17, 15) is 19.2 Å². The molecule has 1 aromatic carbocycles. The Morgan fingerprint density at radius 2 is 1.90 bits per heavy atom. The number of anilines is 1. The lowest BCUT2D eigenvalue weighted by Crippen LogP contribution is -2.70. The number of nitrogens with one attached hydrogen (secondary N) is 1. The highest BCUT2D eigenvalue weighted by molar-refractivity contribution is 6.15. The Kier molecular flexibility index (Phi) is 6.14. The maximum atomic E-state index is 13.3. The Labute approximate surface area is 176 Å². The van der Waals surface area contributed by atoms with Gasteiger partial charge in [-0.15, -0.1) is 0 Å². The van der Waals surface area contributed by atoms with Gasteiger partial charge in [0.15, 0.2) is 6.61 Å². The highest BCUT2D eigenvalue weighted by Gasteiger charge is 2.62. The largest absolute Gasteiger partial charge is 0.452 e. The van der Waals surface area contributed by atoms with E-state index in [0.29, 0.717) is 11.3 Å². The van der Waals surface area contributed by atoms with Crippen LogP contribution in [0.2, 0.25) is 0 Å². The molecule has 0 saturated carbocycles. The molecule has 0 aliphatic carbocycles. The van der Waals surface area contributed by atoms with Crippen LogP contribution in [0.15, 0.2) is 24.3 Å². The Bertz CT molecular complexity index is 868. The van der Waals surface area contributed by atoms with E-state index in [-0.39, 0.29) is 36.7 Å². The lowest BCUT2D eigenvalue weighted by molar-refractivity contribution is -0.161. The highest BCUT2D eigenvalue weighted by Crippen LogP contribution is 2.45. The third kappa shape index (κ3) is 3.55. The van der Waals surface area contributed by atoms with Gasteiger partial charge in [0.1, 0.15) is 0 Å². The van der Waals surface area contributed by atoms with Gasteiger partial charge in [-0.05, 0) is 39.3 Å². The average Bonchev–Trinajstić information content (AvgIpc) is 3.04. The van der Waals surface area contributed by atoms with Gasteiger partial charge < -0.3 is 15.0 Å². The Hall–Kier alpha value is -2.90. The smallest absolute Gasteiger partial charge is 0.354 e. The zero-order valence-corrected chi connectivity index (χ0v) is 17.9. The van der Waals surface area contributed by atoms with Crippen LogP contribution in [0.1, 0.15) is 63.7 Å². The van der Waals surface area contributed by atoms with E-state index in [1.807, 2.05) is 13.8 Å². The van der Waals surface area contributed by atoms with Gasteiger partial charge in [-0.1, -0.05) is 25.5 Å². The minimum Gasteiger partial charge on any atom is -0.452 e. The first-order chi connectivity index (χ1) is 14.2. The maximum absolute atomic E-state index is 13.3. The predicted octanol–water partition coefficient (Wildman–Crippen LogP) is 2.22. The van der Waals surface area contributed by atoms with E-state index < -0.39 is 24.1 Å². The molecular formula is C22H29N3O5. The summed E-state index contributed by atoms with van der Waals surface area (Å²) < 4.78 is 5.38. The first kappa shape index (κ1) is 21.8. The van der Waals surface area contributed by atoms with Crippen LogP contribution in [0.4, 0.5) is 5.69 Å². The number of para-hydroxylation sites is 1. The number of rotatable bonds is 7. The van der Waals surface area contributed by atoms with Crippen molar-refractivity contribution in [2.75, 3.05) is 11.5 Å². The second-order valence-corrected chi connectivity index (χ2v) is 8.17. The molecule has 1 fully saturated rings. The summed E-state index contributed by atoms with van der Waals surface area (Å²) >= 11 is 0.